The molecule has 0 aromatic carbocycles. The molecule has 200 valence electrons. The molecule has 0 aromatic rings. The van der Waals surface area contributed by atoms with Crippen LogP contribution in [0.1, 0.15) is 38.5 Å². The Morgan fingerprint density at radius 2 is 1.06 bits per heavy atom. The molecule has 35 heavy (non-hydrogen) atoms. The highest BCUT2D eigenvalue weighted by Crippen LogP contribution is 2.07. The summed E-state index contributed by atoms with van der Waals surface area (Å²) in [6.07, 6.45) is 2.46. The van der Waals surface area contributed by atoms with Gasteiger partial charge in [0.05, 0.1) is 6.04 Å². The van der Waals surface area contributed by atoms with Crippen LogP contribution >= 0.6 is 23.5 Å². The molecule has 0 aromatic heterocycles. The number of carbonyl (C=O) groups excluding carboxylic acids is 3. The molecule has 0 rings (SSSR count). The van der Waals surface area contributed by atoms with Crippen LogP contribution in [-0.2, 0) is 28.8 Å². The van der Waals surface area contributed by atoms with Gasteiger partial charge in [-0.1, -0.05) is 0 Å². The highest BCUT2D eigenvalue weighted by Gasteiger charge is 2.30. The van der Waals surface area contributed by atoms with E-state index in [9.17, 15) is 33.9 Å². The molecule has 0 spiro atoms. The number of carboxylic acids is 3. The van der Waals surface area contributed by atoms with Gasteiger partial charge in [-0.25, -0.2) is 4.79 Å². The number of thioether (sulfide) groups is 2. The zero-order valence-electron chi connectivity index (χ0n) is 19.7. The fourth-order valence-electron chi connectivity index (χ4n) is 2.77. The van der Waals surface area contributed by atoms with E-state index in [4.69, 9.17) is 15.9 Å². The molecule has 4 unspecified atom stereocenters. The highest BCUT2D eigenvalue weighted by atomic mass is 32.2. The van der Waals surface area contributed by atoms with E-state index in [-0.39, 0.29) is 12.8 Å². The lowest BCUT2D eigenvalue weighted by molar-refractivity contribution is -0.144. The van der Waals surface area contributed by atoms with Crippen LogP contribution in [0.25, 0.3) is 0 Å². The maximum atomic E-state index is 12.9. The number of carbonyl (C=O) groups is 6. The van der Waals surface area contributed by atoms with Gasteiger partial charge in [-0.05, 0) is 49.7 Å². The predicted octanol–water partition coefficient (Wildman–Crippen LogP) is -0.911. The maximum absolute atomic E-state index is 12.9. The molecule has 0 aliphatic rings. The van der Waals surface area contributed by atoms with Crippen LogP contribution in [0.3, 0.4) is 0 Å². The number of aliphatic carboxylic acids is 3. The second-order valence-electron chi connectivity index (χ2n) is 7.56. The van der Waals surface area contributed by atoms with Crippen LogP contribution in [0.5, 0.6) is 0 Å². The molecular weight excluding hydrogens is 504 g/mol. The van der Waals surface area contributed by atoms with Crippen molar-refractivity contribution in [2.24, 2.45) is 5.73 Å². The fourth-order valence-corrected chi connectivity index (χ4v) is 3.73. The van der Waals surface area contributed by atoms with Gasteiger partial charge in [0.25, 0.3) is 0 Å². The second kappa shape index (κ2) is 17.8. The molecule has 0 radical (unpaired) electrons. The Morgan fingerprint density at radius 3 is 1.51 bits per heavy atom. The summed E-state index contributed by atoms with van der Waals surface area (Å²) in [6, 6.07) is -4.88. The van der Waals surface area contributed by atoms with Gasteiger partial charge in [0.2, 0.25) is 17.7 Å². The van der Waals surface area contributed by atoms with Crippen molar-refractivity contribution in [3.05, 3.63) is 0 Å². The van der Waals surface area contributed by atoms with E-state index in [1.165, 1.54) is 23.5 Å². The minimum absolute atomic E-state index is 0.206. The zero-order valence-corrected chi connectivity index (χ0v) is 21.3. The Balaban J connectivity index is 5.50. The monoisotopic (exact) mass is 538 g/mol. The second-order valence-corrected chi connectivity index (χ2v) is 9.53. The topological polar surface area (TPSA) is 225 Å². The number of nitrogens with two attached hydrogens (primary N) is 1. The third kappa shape index (κ3) is 14.5. The SMILES string of the molecule is CSCCC(N)C(=O)NC(CCSC)C(=O)NC(CCC(=O)O)C(=O)NC(CCC(=O)O)C(=O)O. The first-order chi connectivity index (χ1) is 16.4. The van der Waals surface area contributed by atoms with Crippen LogP contribution in [0.15, 0.2) is 0 Å². The van der Waals surface area contributed by atoms with Gasteiger partial charge in [0.15, 0.2) is 0 Å². The Bertz CT molecular complexity index is 754. The van der Waals surface area contributed by atoms with Crippen LogP contribution < -0.4 is 21.7 Å². The zero-order chi connectivity index (χ0) is 27.0. The summed E-state index contributed by atoms with van der Waals surface area (Å²) in [6.45, 7) is 0. The average molecular weight is 539 g/mol. The van der Waals surface area contributed by atoms with E-state index in [1.807, 2.05) is 6.26 Å². The number of amides is 3. The third-order valence-corrected chi connectivity index (χ3v) is 6.04. The summed E-state index contributed by atoms with van der Waals surface area (Å²) >= 11 is 2.93. The van der Waals surface area contributed by atoms with Gasteiger partial charge in [-0.3, -0.25) is 24.0 Å². The van der Waals surface area contributed by atoms with E-state index >= 15 is 0 Å². The smallest absolute Gasteiger partial charge is 0.326 e. The summed E-state index contributed by atoms with van der Waals surface area (Å²) in [5.41, 5.74) is 5.85. The Kier molecular flexibility index (Phi) is 16.6. The van der Waals surface area contributed by atoms with Crippen LogP contribution in [0.4, 0.5) is 0 Å². The molecule has 8 N–H and O–H groups in total. The molecular formula is C20H34N4O9S2. The summed E-state index contributed by atoms with van der Waals surface area (Å²) in [5, 5.41) is 34.1. The number of nitrogens with one attached hydrogen (secondary N) is 3. The summed E-state index contributed by atoms with van der Waals surface area (Å²) in [4.78, 5) is 71.2. The number of carboxylic acid groups (broad SMARTS) is 3. The van der Waals surface area contributed by atoms with Gasteiger partial charge in [0, 0.05) is 12.8 Å². The molecule has 15 heteroatoms. The van der Waals surface area contributed by atoms with Crippen molar-refractivity contribution < 1.29 is 44.1 Å². The van der Waals surface area contributed by atoms with Crippen LogP contribution in [0.2, 0.25) is 0 Å². The Morgan fingerprint density at radius 1 is 0.657 bits per heavy atom. The minimum atomic E-state index is -1.55. The van der Waals surface area contributed by atoms with Crippen molar-refractivity contribution in [2.45, 2.75) is 62.7 Å². The Hall–Kier alpha value is -2.52. The van der Waals surface area contributed by atoms with Crippen molar-refractivity contribution in [1.29, 1.82) is 0 Å². The van der Waals surface area contributed by atoms with Crippen LogP contribution in [-0.4, -0.2) is 99.1 Å². The van der Waals surface area contributed by atoms with E-state index in [0.717, 1.165) is 0 Å². The molecule has 0 fully saturated rings. The first-order valence-corrected chi connectivity index (χ1v) is 13.5. The summed E-state index contributed by atoms with van der Waals surface area (Å²) in [5.74, 6) is -5.15. The largest absolute Gasteiger partial charge is 0.481 e. The standard InChI is InChI=1S/C20H34N4O9S2/c1-34-9-7-11(21)17(29)22-13(8-10-35-2)19(31)23-12(3-5-15(25)26)18(30)24-14(20(32)33)4-6-16(27)28/h11-14H,3-10,21H2,1-2H3,(H,22,29)(H,23,31)(H,24,30)(H,25,26)(H,27,28)(H,32,33). The molecule has 0 saturated heterocycles. The van der Waals surface area contributed by atoms with E-state index in [0.29, 0.717) is 17.9 Å². The predicted molar refractivity (Wildman–Crippen MR) is 131 cm³/mol. The number of hydrogen-bond acceptors (Lipinski definition) is 9. The lowest BCUT2D eigenvalue weighted by Gasteiger charge is -2.25. The summed E-state index contributed by atoms with van der Waals surface area (Å²) < 4.78 is 0. The van der Waals surface area contributed by atoms with Crippen molar-refractivity contribution in [1.82, 2.24) is 16.0 Å². The molecule has 0 aliphatic carbocycles. The molecule has 13 nitrogen and oxygen atoms in total. The average Bonchev–Trinajstić information content (AvgIpc) is 2.79. The van der Waals surface area contributed by atoms with E-state index in [2.05, 4.69) is 16.0 Å². The van der Waals surface area contributed by atoms with E-state index in [1.54, 1.807) is 6.26 Å². The lowest BCUT2D eigenvalue weighted by atomic mass is 10.1. The lowest BCUT2D eigenvalue weighted by Crippen LogP contribution is -2.57. The molecule has 0 saturated carbocycles. The van der Waals surface area contributed by atoms with E-state index < -0.39 is 79.1 Å². The van der Waals surface area contributed by atoms with Crippen molar-refractivity contribution in [2.75, 3.05) is 24.0 Å². The normalized spacial score (nSPS) is 14.1. The van der Waals surface area contributed by atoms with Gasteiger partial charge in [0.1, 0.15) is 18.1 Å². The molecule has 0 bridgehead atoms. The quantitative estimate of drug-likeness (QED) is 0.106. The Labute approximate surface area is 211 Å². The molecule has 0 heterocycles. The number of hydrogen-bond donors (Lipinski definition) is 7. The fraction of sp³-hybridized carbons (Fsp3) is 0.700. The van der Waals surface area contributed by atoms with Gasteiger partial charge >= 0.3 is 17.9 Å². The van der Waals surface area contributed by atoms with Crippen molar-refractivity contribution in [3.8, 4) is 0 Å². The number of rotatable bonds is 19. The first kappa shape index (κ1) is 32.5. The van der Waals surface area contributed by atoms with Crippen LogP contribution in [0, 0.1) is 0 Å². The van der Waals surface area contributed by atoms with Gasteiger partial charge in [-0.2, -0.15) is 23.5 Å². The highest BCUT2D eigenvalue weighted by molar-refractivity contribution is 7.98. The molecule has 4 atom stereocenters. The van der Waals surface area contributed by atoms with Crippen molar-refractivity contribution in [3.63, 3.8) is 0 Å². The molecule has 0 aliphatic heterocycles. The third-order valence-electron chi connectivity index (χ3n) is 4.75. The van der Waals surface area contributed by atoms with Gasteiger partial charge in [-0.15, -0.1) is 0 Å². The minimum Gasteiger partial charge on any atom is -0.481 e. The van der Waals surface area contributed by atoms with Crippen molar-refractivity contribution >= 4 is 59.2 Å². The van der Waals surface area contributed by atoms with Gasteiger partial charge < -0.3 is 37.0 Å². The first-order valence-electron chi connectivity index (χ1n) is 10.7. The molecule has 3 amide bonds. The summed E-state index contributed by atoms with van der Waals surface area (Å²) in [7, 11) is 0. The maximum Gasteiger partial charge on any atom is 0.326 e.